The lowest BCUT2D eigenvalue weighted by atomic mass is 10.1. The fraction of sp³-hybridized carbons (Fsp3) is 0.200. The van der Waals surface area contributed by atoms with E-state index in [0.717, 1.165) is 4.57 Å². The van der Waals surface area contributed by atoms with Crippen molar-refractivity contribution in [3.63, 3.8) is 0 Å². The summed E-state index contributed by atoms with van der Waals surface area (Å²) in [4.78, 5) is 28.0. The normalized spacial score (nSPS) is 12.5. The standard InChI is InChI=1S/C15H13F2N5O3/c1-7(19-15(24)25)13-20-11-8(12(16)17)3-2-4-9(11)14(23)22(13)10-5-6-18-21-10/h2-7,12,19H,1H3,(H,18,21)(H,24,25). The van der Waals surface area contributed by atoms with Crippen LogP contribution in [0.1, 0.15) is 30.8 Å². The van der Waals surface area contributed by atoms with Crippen LogP contribution >= 0.6 is 0 Å². The molecule has 130 valence electrons. The molecule has 2 aromatic heterocycles. The highest BCUT2D eigenvalue weighted by Gasteiger charge is 2.22. The van der Waals surface area contributed by atoms with Gasteiger partial charge < -0.3 is 10.4 Å². The van der Waals surface area contributed by atoms with Gasteiger partial charge in [-0.3, -0.25) is 9.89 Å². The molecule has 0 aliphatic rings. The summed E-state index contributed by atoms with van der Waals surface area (Å²) in [6.07, 6.45) is -2.75. The van der Waals surface area contributed by atoms with E-state index >= 15 is 0 Å². The predicted molar refractivity (Wildman–Crippen MR) is 84.0 cm³/mol. The quantitative estimate of drug-likeness (QED) is 0.669. The fourth-order valence-corrected chi connectivity index (χ4v) is 2.57. The zero-order valence-corrected chi connectivity index (χ0v) is 12.9. The molecule has 25 heavy (non-hydrogen) atoms. The number of benzene rings is 1. The summed E-state index contributed by atoms with van der Waals surface area (Å²) in [6, 6.07) is 4.48. The van der Waals surface area contributed by atoms with E-state index in [0.29, 0.717) is 0 Å². The topological polar surface area (TPSA) is 113 Å². The van der Waals surface area contributed by atoms with Gasteiger partial charge in [0.05, 0.1) is 23.1 Å². The number of rotatable bonds is 4. The molecule has 0 saturated heterocycles. The van der Waals surface area contributed by atoms with Crippen molar-refractivity contribution in [3.8, 4) is 5.82 Å². The van der Waals surface area contributed by atoms with Crippen LogP contribution in [-0.4, -0.2) is 30.9 Å². The maximum atomic E-state index is 13.3. The molecule has 1 amide bonds. The van der Waals surface area contributed by atoms with E-state index in [-0.39, 0.29) is 22.5 Å². The maximum Gasteiger partial charge on any atom is 0.405 e. The summed E-state index contributed by atoms with van der Waals surface area (Å²) in [6.45, 7) is 1.46. The van der Waals surface area contributed by atoms with Gasteiger partial charge in [-0.2, -0.15) is 5.10 Å². The minimum absolute atomic E-state index is 0.00123. The van der Waals surface area contributed by atoms with Crippen molar-refractivity contribution >= 4 is 17.0 Å². The molecule has 8 nitrogen and oxygen atoms in total. The SMILES string of the molecule is CC(NC(=O)O)c1nc2c(C(F)F)cccc2c(=O)n1-c1ccn[nH]1. The second-order valence-corrected chi connectivity index (χ2v) is 5.27. The lowest BCUT2D eigenvalue weighted by molar-refractivity contribution is 0.153. The molecule has 0 fully saturated rings. The van der Waals surface area contributed by atoms with Gasteiger partial charge in [-0.15, -0.1) is 0 Å². The Morgan fingerprint density at radius 3 is 2.72 bits per heavy atom. The third-order valence-electron chi connectivity index (χ3n) is 3.65. The van der Waals surface area contributed by atoms with E-state index in [1.54, 1.807) is 0 Å². The molecule has 3 rings (SSSR count). The number of nitrogens with zero attached hydrogens (tertiary/aromatic N) is 3. The number of alkyl halides is 2. The molecule has 0 aliphatic carbocycles. The number of H-pyrrole nitrogens is 1. The molecule has 0 saturated carbocycles. The van der Waals surface area contributed by atoms with Crippen LogP contribution in [0.5, 0.6) is 0 Å². The van der Waals surface area contributed by atoms with Crippen LogP contribution in [0.3, 0.4) is 0 Å². The van der Waals surface area contributed by atoms with Gasteiger partial charge >= 0.3 is 6.09 Å². The van der Waals surface area contributed by atoms with Crippen molar-refractivity contribution in [2.24, 2.45) is 0 Å². The van der Waals surface area contributed by atoms with Gasteiger partial charge in [0.25, 0.3) is 12.0 Å². The van der Waals surface area contributed by atoms with Gasteiger partial charge in [0, 0.05) is 11.6 Å². The van der Waals surface area contributed by atoms with Crippen LogP contribution in [0.25, 0.3) is 16.7 Å². The van der Waals surface area contributed by atoms with E-state index in [1.807, 2.05) is 0 Å². The maximum absolute atomic E-state index is 13.3. The zero-order valence-electron chi connectivity index (χ0n) is 12.9. The molecular formula is C15H13F2N5O3. The molecule has 1 aromatic carbocycles. The summed E-state index contributed by atoms with van der Waals surface area (Å²) in [5, 5.41) is 17.5. The van der Waals surface area contributed by atoms with Crippen molar-refractivity contribution in [2.75, 3.05) is 0 Å². The number of carbonyl (C=O) groups is 1. The number of amides is 1. The molecule has 1 unspecified atom stereocenters. The number of fused-ring (bicyclic) bond motifs is 1. The molecule has 0 aliphatic heterocycles. The van der Waals surface area contributed by atoms with E-state index < -0.39 is 29.7 Å². The number of para-hydroxylation sites is 1. The number of hydrogen-bond donors (Lipinski definition) is 3. The van der Waals surface area contributed by atoms with Crippen molar-refractivity contribution in [2.45, 2.75) is 19.4 Å². The first kappa shape index (κ1) is 16.6. The van der Waals surface area contributed by atoms with Crippen molar-refractivity contribution in [1.82, 2.24) is 25.1 Å². The minimum atomic E-state index is -2.82. The largest absolute Gasteiger partial charge is 0.465 e. The second kappa shape index (κ2) is 6.30. The molecule has 1 atom stereocenters. The molecule has 3 aromatic rings. The predicted octanol–water partition coefficient (Wildman–Crippen LogP) is 2.38. The molecule has 2 heterocycles. The van der Waals surface area contributed by atoms with Crippen LogP contribution in [-0.2, 0) is 0 Å². The summed E-state index contributed by atoms with van der Waals surface area (Å²) >= 11 is 0. The highest BCUT2D eigenvalue weighted by Crippen LogP contribution is 2.26. The van der Waals surface area contributed by atoms with Gasteiger partial charge in [-0.05, 0) is 13.0 Å². The Balaban J connectivity index is 2.37. The molecule has 0 spiro atoms. The van der Waals surface area contributed by atoms with Gasteiger partial charge in [0.1, 0.15) is 11.6 Å². The molecule has 0 radical (unpaired) electrons. The number of nitrogens with one attached hydrogen (secondary N) is 2. The molecular weight excluding hydrogens is 336 g/mol. The Bertz CT molecular complexity index is 985. The van der Waals surface area contributed by atoms with E-state index in [1.165, 1.54) is 37.4 Å². The average molecular weight is 349 g/mol. The third kappa shape index (κ3) is 2.93. The minimum Gasteiger partial charge on any atom is -0.465 e. The van der Waals surface area contributed by atoms with Crippen LogP contribution in [0.15, 0.2) is 35.3 Å². The number of carboxylic acid groups (broad SMARTS) is 1. The van der Waals surface area contributed by atoms with Crippen LogP contribution in [0, 0.1) is 0 Å². The number of hydrogen-bond acceptors (Lipinski definition) is 4. The Labute approximate surface area is 139 Å². The van der Waals surface area contributed by atoms with Gasteiger partial charge in [-0.1, -0.05) is 12.1 Å². The van der Waals surface area contributed by atoms with Gasteiger partial charge in [0.15, 0.2) is 0 Å². The Morgan fingerprint density at radius 2 is 2.12 bits per heavy atom. The summed E-state index contributed by atoms with van der Waals surface area (Å²) in [5.41, 5.74) is -1.16. The van der Waals surface area contributed by atoms with Crippen LogP contribution in [0.4, 0.5) is 13.6 Å². The first-order valence-corrected chi connectivity index (χ1v) is 7.23. The Hall–Kier alpha value is -3.30. The Kier molecular flexibility index (Phi) is 4.17. The first-order chi connectivity index (χ1) is 11.9. The lowest BCUT2D eigenvalue weighted by Gasteiger charge is -2.18. The first-order valence-electron chi connectivity index (χ1n) is 7.23. The molecule has 0 bridgehead atoms. The summed E-state index contributed by atoms with van der Waals surface area (Å²) in [5.74, 6) is 0.216. The zero-order chi connectivity index (χ0) is 18.1. The third-order valence-corrected chi connectivity index (χ3v) is 3.65. The van der Waals surface area contributed by atoms with Crippen molar-refractivity contribution in [1.29, 1.82) is 0 Å². The van der Waals surface area contributed by atoms with E-state index in [9.17, 15) is 18.4 Å². The van der Waals surface area contributed by atoms with E-state index in [4.69, 9.17) is 5.11 Å². The van der Waals surface area contributed by atoms with Gasteiger partial charge in [-0.25, -0.2) is 23.1 Å². The van der Waals surface area contributed by atoms with E-state index in [2.05, 4.69) is 20.5 Å². The van der Waals surface area contributed by atoms with Crippen LogP contribution in [0.2, 0.25) is 0 Å². The highest BCUT2D eigenvalue weighted by molar-refractivity contribution is 5.81. The number of aromatic nitrogens is 4. The highest BCUT2D eigenvalue weighted by atomic mass is 19.3. The lowest BCUT2D eigenvalue weighted by Crippen LogP contribution is -2.32. The monoisotopic (exact) mass is 349 g/mol. The van der Waals surface area contributed by atoms with Crippen molar-refractivity contribution in [3.05, 3.63) is 52.2 Å². The molecule has 10 heteroatoms. The number of aromatic amines is 1. The fourth-order valence-electron chi connectivity index (χ4n) is 2.57. The van der Waals surface area contributed by atoms with Gasteiger partial charge in [0.2, 0.25) is 0 Å². The average Bonchev–Trinajstić information content (AvgIpc) is 3.07. The Morgan fingerprint density at radius 1 is 1.36 bits per heavy atom. The number of halogens is 2. The van der Waals surface area contributed by atoms with Crippen LogP contribution < -0.4 is 10.9 Å². The second-order valence-electron chi connectivity index (χ2n) is 5.27. The molecule has 3 N–H and O–H groups in total. The summed E-state index contributed by atoms with van der Waals surface area (Å²) < 4.78 is 27.7. The summed E-state index contributed by atoms with van der Waals surface area (Å²) in [7, 11) is 0. The van der Waals surface area contributed by atoms with Crippen molar-refractivity contribution < 1.29 is 18.7 Å². The smallest absolute Gasteiger partial charge is 0.405 e.